The fourth-order valence-electron chi connectivity index (χ4n) is 2.26. The van der Waals surface area contributed by atoms with Gasteiger partial charge in [0.2, 0.25) is 0 Å². The maximum Gasteiger partial charge on any atom is 0.254 e. The van der Waals surface area contributed by atoms with Gasteiger partial charge in [-0.3, -0.25) is 15.2 Å². The Morgan fingerprint density at radius 2 is 2.00 bits per heavy atom. The average Bonchev–Trinajstić information content (AvgIpc) is 3.17. The van der Waals surface area contributed by atoms with Crippen LogP contribution in [0.5, 0.6) is 0 Å². The van der Waals surface area contributed by atoms with E-state index in [0.29, 0.717) is 24.3 Å². The summed E-state index contributed by atoms with van der Waals surface area (Å²) < 4.78 is 1.26. The number of hydrogen-bond donors (Lipinski definition) is 2. The predicted octanol–water partition coefficient (Wildman–Crippen LogP) is 1.87. The molecule has 0 aromatic carbocycles. The van der Waals surface area contributed by atoms with Crippen molar-refractivity contribution >= 4 is 17.9 Å². The lowest BCUT2D eigenvalue weighted by Gasteiger charge is -2.16. The summed E-state index contributed by atoms with van der Waals surface area (Å²) in [6, 6.07) is 8.45. The van der Waals surface area contributed by atoms with Gasteiger partial charge in [0.15, 0.2) is 0 Å². The number of nitrogens with two attached hydrogens (primary N) is 1. The number of nitrogens with one attached hydrogen (secondary N) is 1. The molecule has 3 heterocycles. The molecule has 0 atom stereocenters. The van der Waals surface area contributed by atoms with Crippen LogP contribution in [0.25, 0.3) is 0 Å². The summed E-state index contributed by atoms with van der Waals surface area (Å²) in [4.78, 5) is 18.1. The second-order valence-electron chi connectivity index (χ2n) is 5.05. The van der Waals surface area contributed by atoms with Crippen molar-refractivity contribution in [1.82, 2.24) is 14.6 Å². The van der Waals surface area contributed by atoms with Gasteiger partial charge in [-0.05, 0) is 24.3 Å². The SMILES string of the molecule is CC.N=c1cc(C(=O)N2CC=CC2)cc(N)n1/N=C/c1ccccn1. The predicted molar refractivity (Wildman–Crippen MR) is 98.3 cm³/mol. The Labute approximate surface area is 146 Å². The maximum absolute atomic E-state index is 12.3. The van der Waals surface area contributed by atoms with Gasteiger partial charge in [-0.15, -0.1) is 0 Å². The van der Waals surface area contributed by atoms with Gasteiger partial charge in [-0.1, -0.05) is 32.1 Å². The molecule has 1 aliphatic rings. The summed E-state index contributed by atoms with van der Waals surface area (Å²) in [6.45, 7) is 5.16. The molecule has 130 valence electrons. The van der Waals surface area contributed by atoms with E-state index in [1.807, 2.05) is 38.1 Å². The van der Waals surface area contributed by atoms with Crippen molar-refractivity contribution in [3.63, 3.8) is 0 Å². The first-order valence-electron chi connectivity index (χ1n) is 8.12. The van der Waals surface area contributed by atoms with Crippen LogP contribution in [0.2, 0.25) is 0 Å². The van der Waals surface area contributed by atoms with E-state index in [0.717, 1.165) is 0 Å². The average molecular weight is 338 g/mol. The van der Waals surface area contributed by atoms with E-state index < -0.39 is 0 Å². The number of carbonyl (C=O) groups is 1. The molecule has 0 saturated heterocycles. The van der Waals surface area contributed by atoms with Gasteiger partial charge < -0.3 is 10.6 Å². The van der Waals surface area contributed by atoms with E-state index in [1.165, 1.54) is 23.0 Å². The van der Waals surface area contributed by atoms with Gasteiger partial charge in [0.1, 0.15) is 11.3 Å². The fraction of sp³-hybridized carbons (Fsp3) is 0.222. The summed E-state index contributed by atoms with van der Waals surface area (Å²) in [7, 11) is 0. The zero-order valence-corrected chi connectivity index (χ0v) is 14.4. The summed E-state index contributed by atoms with van der Waals surface area (Å²) in [5.41, 5.74) is 7.02. The van der Waals surface area contributed by atoms with Crippen LogP contribution in [0.3, 0.4) is 0 Å². The van der Waals surface area contributed by atoms with Gasteiger partial charge in [0, 0.05) is 24.8 Å². The van der Waals surface area contributed by atoms with E-state index in [4.69, 9.17) is 11.1 Å². The highest BCUT2D eigenvalue weighted by Crippen LogP contribution is 2.10. The second-order valence-corrected chi connectivity index (χ2v) is 5.05. The Hall–Kier alpha value is -3.22. The summed E-state index contributed by atoms with van der Waals surface area (Å²) in [5, 5.41) is 12.2. The molecular weight excluding hydrogens is 316 g/mol. The van der Waals surface area contributed by atoms with E-state index >= 15 is 0 Å². The molecule has 7 nitrogen and oxygen atoms in total. The summed E-state index contributed by atoms with van der Waals surface area (Å²) in [6.07, 6.45) is 7.04. The fourth-order valence-corrected chi connectivity index (χ4v) is 2.26. The first kappa shape index (κ1) is 18.1. The minimum Gasteiger partial charge on any atom is -0.384 e. The molecule has 0 bridgehead atoms. The molecule has 3 N–H and O–H groups in total. The summed E-state index contributed by atoms with van der Waals surface area (Å²) >= 11 is 0. The van der Waals surface area contributed by atoms with E-state index in [2.05, 4.69) is 10.1 Å². The zero-order valence-electron chi connectivity index (χ0n) is 14.4. The van der Waals surface area contributed by atoms with Gasteiger partial charge in [-0.25, -0.2) is 4.68 Å². The van der Waals surface area contributed by atoms with Crippen LogP contribution in [-0.2, 0) is 0 Å². The second kappa shape index (κ2) is 8.58. The number of carbonyl (C=O) groups excluding carboxylic acids is 1. The first-order valence-corrected chi connectivity index (χ1v) is 8.12. The van der Waals surface area contributed by atoms with Crippen LogP contribution >= 0.6 is 0 Å². The molecule has 0 unspecified atom stereocenters. The molecular formula is C18H22N6O. The normalized spacial score (nSPS) is 13.0. The van der Waals surface area contributed by atoms with E-state index in [9.17, 15) is 4.79 Å². The highest BCUT2D eigenvalue weighted by molar-refractivity contribution is 5.95. The Kier molecular flexibility index (Phi) is 6.22. The Bertz CT molecular complexity index is 830. The number of hydrogen-bond acceptors (Lipinski definition) is 5. The van der Waals surface area contributed by atoms with Crippen LogP contribution in [0.15, 0.2) is 53.8 Å². The first-order chi connectivity index (χ1) is 12.1. The smallest absolute Gasteiger partial charge is 0.254 e. The quantitative estimate of drug-likeness (QED) is 0.660. The van der Waals surface area contributed by atoms with Gasteiger partial charge >= 0.3 is 0 Å². The number of nitrogen functional groups attached to an aromatic ring is 1. The number of anilines is 1. The van der Waals surface area contributed by atoms with Crippen molar-refractivity contribution in [2.24, 2.45) is 5.10 Å². The minimum absolute atomic E-state index is 0.0349. The largest absolute Gasteiger partial charge is 0.384 e. The van der Waals surface area contributed by atoms with Crippen molar-refractivity contribution in [3.05, 3.63) is 65.4 Å². The highest BCUT2D eigenvalue weighted by atomic mass is 16.2. The van der Waals surface area contributed by atoms with Gasteiger partial charge in [-0.2, -0.15) is 5.10 Å². The molecule has 1 amide bonds. The van der Waals surface area contributed by atoms with E-state index in [-0.39, 0.29) is 17.2 Å². The minimum atomic E-state index is -0.143. The lowest BCUT2D eigenvalue weighted by molar-refractivity contribution is 0.0799. The van der Waals surface area contributed by atoms with Crippen LogP contribution in [0.1, 0.15) is 29.9 Å². The Balaban J connectivity index is 0.00000109. The van der Waals surface area contributed by atoms with Crippen LogP contribution in [0.4, 0.5) is 5.82 Å². The number of pyridine rings is 2. The van der Waals surface area contributed by atoms with Crippen molar-refractivity contribution in [1.29, 1.82) is 5.41 Å². The number of rotatable bonds is 3. The number of aromatic nitrogens is 2. The van der Waals surface area contributed by atoms with Gasteiger partial charge in [0.25, 0.3) is 5.91 Å². The molecule has 1 aliphatic heterocycles. The lowest BCUT2D eigenvalue weighted by Crippen LogP contribution is -2.30. The molecule has 0 spiro atoms. The van der Waals surface area contributed by atoms with E-state index in [1.54, 1.807) is 17.2 Å². The Morgan fingerprint density at radius 3 is 2.60 bits per heavy atom. The van der Waals surface area contributed by atoms with Crippen molar-refractivity contribution in [3.8, 4) is 0 Å². The third-order valence-electron chi connectivity index (χ3n) is 3.41. The molecule has 0 radical (unpaired) electrons. The molecule has 2 aromatic heterocycles. The third-order valence-corrected chi connectivity index (χ3v) is 3.41. The molecule has 0 saturated carbocycles. The summed E-state index contributed by atoms with van der Waals surface area (Å²) in [5.74, 6) is 0.0799. The molecule has 3 rings (SSSR count). The highest BCUT2D eigenvalue weighted by Gasteiger charge is 2.17. The topological polar surface area (TPSA) is 100 Å². The maximum atomic E-state index is 12.3. The molecule has 2 aromatic rings. The molecule has 7 heteroatoms. The lowest BCUT2D eigenvalue weighted by atomic mass is 10.2. The van der Waals surface area contributed by atoms with Crippen LogP contribution in [-0.4, -0.2) is 39.8 Å². The third kappa shape index (κ3) is 4.41. The van der Waals surface area contributed by atoms with Crippen molar-refractivity contribution < 1.29 is 4.79 Å². The Morgan fingerprint density at radius 1 is 1.28 bits per heavy atom. The van der Waals surface area contributed by atoms with Gasteiger partial charge in [0.05, 0.1) is 11.9 Å². The van der Waals surface area contributed by atoms with Crippen molar-refractivity contribution in [2.45, 2.75) is 13.8 Å². The molecule has 0 fully saturated rings. The number of amides is 1. The zero-order chi connectivity index (χ0) is 18.2. The van der Waals surface area contributed by atoms with Crippen LogP contribution in [0, 0.1) is 5.41 Å². The number of nitrogens with zero attached hydrogens (tertiary/aromatic N) is 4. The van der Waals surface area contributed by atoms with Crippen LogP contribution < -0.4 is 11.2 Å². The standard InChI is InChI=1S/C16H16N6O.C2H6/c17-14-9-12(16(23)21-7-3-4-8-21)10-15(18)22(14)20-11-13-5-1-2-6-19-13;1-2/h1-6,9-11,17H,7-8,18H2;1-2H3/b17-14?,20-11+;. The monoisotopic (exact) mass is 338 g/mol. The molecule has 25 heavy (non-hydrogen) atoms. The van der Waals surface area contributed by atoms with Crippen molar-refractivity contribution in [2.75, 3.05) is 18.8 Å². The molecule has 0 aliphatic carbocycles.